The zero-order valence-corrected chi connectivity index (χ0v) is 37.5. The number of ether oxygens (including phenoxy) is 2. The molecule has 19 heteroatoms. The summed E-state index contributed by atoms with van der Waals surface area (Å²) >= 11 is 0. The van der Waals surface area contributed by atoms with Crippen LogP contribution in [0.2, 0.25) is 0 Å². The van der Waals surface area contributed by atoms with Gasteiger partial charge in [-0.3, -0.25) is 9.11 Å². The minimum atomic E-state index is -4.87. The van der Waals surface area contributed by atoms with Gasteiger partial charge < -0.3 is 25.0 Å². The van der Waals surface area contributed by atoms with Crippen LogP contribution < -0.4 is 14.8 Å². The number of anilines is 2. The third-order valence-electron chi connectivity index (χ3n) is 8.84. The monoisotopic (exact) mass is 851 g/mol. The van der Waals surface area contributed by atoms with Crippen molar-refractivity contribution in [1.29, 1.82) is 0 Å². The van der Waals surface area contributed by atoms with E-state index in [-0.39, 0.29) is 110 Å². The molecule has 290 valence electrons. The number of phenols is 2. The quantitative estimate of drug-likeness (QED) is 0.0468. The first kappa shape index (κ1) is 45.2. The molecule has 0 fully saturated rings. The minimum Gasteiger partial charge on any atom is -0.505 e. The van der Waals surface area contributed by atoms with E-state index in [1.807, 2.05) is 30.3 Å². The van der Waals surface area contributed by atoms with E-state index in [1.54, 1.807) is 66.7 Å². The summed E-state index contributed by atoms with van der Waals surface area (Å²) in [6.45, 7) is 0. The zero-order chi connectivity index (χ0) is 40.5. The Bertz CT molecular complexity index is 3010. The molecule has 0 aromatic heterocycles. The van der Waals surface area contributed by atoms with Gasteiger partial charge in [-0.25, -0.2) is 0 Å². The molecule has 0 atom stereocenters. The largest absolute Gasteiger partial charge is 0.505 e. The molecule has 0 unspecified atom stereocenters. The number of hydrogen-bond donors (Lipinski definition) is 5. The maximum Gasteiger partial charge on any atom is 0.296 e. The van der Waals surface area contributed by atoms with Crippen LogP contribution in [0.5, 0.6) is 23.0 Å². The van der Waals surface area contributed by atoms with Crippen molar-refractivity contribution in [1.82, 2.24) is 0 Å². The maximum atomic E-state index is 12.5. The van der Waals surface area contributed by atoms with Gasteiger partial charge in [0.15, 0.2) is 11.5 Å². The first-order chi connectivity index (χ1) is 27.2. The van der Waals surface area contributed by atoms with Crippen molar-refractivity contribution in [2.45, 2.75) is 9.79 Å². The maximum absolute atomic E-state index is 12.5. The summed E-state index contributed by atoms with van der Waals surface area (Å²) in [5.74, 6) is -0.352. The number of fused-ring (bicyclic) bond motifs is 2. The van der Waals surface area contributed by atoms with Gasteiger partial charge >= 0.3 is 0 Å². The van der Waals surface area contributed by atoms with E-state index < -0.39 is 41.5 Å². The predicted molar refractivity (Wildman–Crippen MR) is 225 cm³/mol. The van der Waals surface area contributed by atoms with Gasteiger partial charge in [0, 0.05) is 86.6 Å². The smallest absolute Gasteiger partial charge is 0.296 e. The van der Waals surface area contributed by atoms with Gasteiger partial charge in [0.1, 0.15) is 44.0 Å². The minimum absolute atomic E-state index is 0. The van der Waals surface area contributed by atoms with E-state index in [0.717, 1.165) is 11.8 Å². The number of hydrogen-bond acceptors (Lipinski definition) is 13. The number of nitrogens with zero attached hydrogens (tertiary/aromatic N) is 4. The number of rotatable bonds is 11. The summed E-state index contributed by atoms with van der Waals surface area (Å²) in [5.41, 5.74) is 2.40. The average molecular weight is 852 g/mol. The molecule has 5 N–H and O–H groups in total. The van der Waals surface area contributed by atoms with Gasteiger partial charge in [-0.05, 0) is 83.2 Å². The summed E-state index contributed by atoms with van der Waals surface area (Å²) < 4.78 is 80.2. The van der Waals surface area contributed by atoms with Crippen LogP contribution in [0.25, 0.3) is 32.7 Å². The van der Waals surface area contributed by atoms with E-state index in [1.165, 1.54) is 32.4 Å². The molecule has 0 aliphatic rings. The van der Waals surface area contributed by atoms with Crippen molar-refractivity contribution in [3.8, 4) is 34.1 Å². The Balaban J connectivity index is 0.00000331. The average Bonchev–Trinajstić information content (AvgIpc) is 3.19. The molecule has 15 nitrogen and oxygen atoms in total. The van der Waals surface area contributed by atoms with Crippen LogP contribution in [0.15, 0.2) is 152 Å². The Morgan fingerprint density at radius 3 is 1.63 bits per heavy atom. The van der Waals surface area contributed by atoms with E-state index in [4.69, 9.17) is 9.47 Å². The van der Waals surface area contributed by atoms with Gasteiger partial charge in [0.2, 0.25) is 0 Å². The van der Waals surface area contributed by atoms with Crippen molar-refractivity contribution in [2.24, 2.45) is 20.5 Å². The van der Waals surface area contributed by atoms with Crippen LogP contribution in [0.1, 0.15) is 0 Å². The van der Waals surface area contributed by atoms with Crippen LogP contribution in [0.3, 0.4) is 0 Å². The molecule has 7 aromatic rings. The van der Waals surface area contributed by atoms with E-state index in [0.29, 0.717) is 22.2 Å². The molecule has 0 saturated heterocycles. The molecule has 0 aliphatic heterocycles. The SMILES string of the molecule is COc1cc(-c2ccc(N=Nc3c(S(=O)(=O)O)cc4cc(Nc5ccccc5)ccc4c3O)c(OC)c2)ccc1N=Nc1cc(S(=O)(=O)O)c2ccccc2c1O.[Na].[Na]. The first-order valence-corrected chi connectivity index (χ1v) is 19.6. The molecule has 0 saturated carbocycles. The van der Waals surface area contributed by atoms with E-state index in [9.17, 15) is 36.2 Å². The van der Waals surface area contributed by atoms with Crippen molar-refractivity contribution in [3.05, 3.63) is 121 Å². The molecule has 59 heavy (non-hydrogen) atoms. The number of phenolic OH excluding ortho intramolecular Hbond substituents is 2. The Labute approximate surface area is 382 Å². The molecular weight excluding hydrogens is 821 g/mol. The first-order valence-electron chi connectivity index (χ1n) is 16.8. The predicted octanol–water partition coefficient (Wildman–Crippen LogP) is 9.39. The molecule has 0 spiro atoms. The van der Waals surface area contributed by atoms with Crippen LogP contribution in [0.4, 0.5) is 34.1 Å². The Morgan fingerprint density at radius 1 is 0.508 bits per heavy atom. The molecule has 0 amide bonds. The van der Waals surface area contributed by atoms with Crippen LogP contribution in [-0.2, 0) is 20.2 Å². The van der Waals surface area contributed by atoms with Gasteiger partial charge in [0.25, 0.3) is 20.2 Å². The van der Waals surface area contributed by atoms with Gasteiger partial charge in [0.05, 0.1) is 14.2 Å². The van der Waals surface area contributed by atoms with Gasteiger partial charge in [-0.2, -0.15) is 16.8 Å². The summed E-state index contributed by atoms with van der Waals surface area (Å²) in [6.07, 6.45) is 0. The van der Waals surface area contributed by atoms with Crippen LogP contribution in [-0.4, -0.2) is 109 Å². The number of nitrogens with one attached hydrogen (secondary N) is 1. The Morgan fingerprint density at radius 2 is 1.05 bits per heavy atom. The molecule has 7 aromatic carbocycles. The number of methoxy groups -OCH3 is 2. The molecule has 0 heterocycles. The van der Waals surface area contributed by atoms with Crippen LogP contribution >= 0.6 is 0 Å². The third kappa shape index (κ3) is 9.77. The topological polar surface area (TPSA) is 229 Å². The van der Waals surface area contributed by atoms with E-state index in [2.05, 4.69) is 25.8 Å². The fourth-order valence-corrected chi connectivity index (χ4v) is 7.48. The number of para-hydroxylation sites is 1. The van der Waals surface area contributed by atoms with Crippen molar-refractivity contribution in [3.63, 3.8) is 0 Å². The molecule has 7 rings (SSSR count). The van der Waals surface area contributed by atoms with E-state index >= 15 is 0 Å². The second-order valence-electron chi connectivity index (χ2n) is 12.4. The summed E-state index contributed by atoms with van der Waals surface area (Å²) in [6, 6.07) is 32.3. The standard InChI is InChI=1S/C40H31N5O10S2.2Na/c1-54-34-19-23(12-16-31(34)42-44-33-22-36(56(48,49)50)29-10-6-7-11-30(29)39(33)46)24-13-17-32(35(20-24)55-2)43-45-38-37(57(51,52)53)21-25-18-27(14-15-28(25)40(38)47)41-26-8-4-3-5-9-26;;/h3-22,41,46-47H,1-2H3,(H,48,49,50)(H,51,52,53);;. The summed E-state index contributed by atoms with van der Waals surface area (Å²) in [5, 5.41) is 42.5. The van der Waals surface area contributed by atoms with Gasteiger partial charge in [-0.15, -0.1) is 20.5 Å². The number of aromatic hydroxyl groups is 2. The molecule has 2 radical (unpaired) electrons. The fraction of sp³-hybridized carbons (Fsp3) is 0.0500. The number of benzene rings is 7. The summed E-state index contributed by atoms with van der Waals surface area (Å²) in [4.78, 5) is -1.09. The van der Waals surface area contributed by atoms with Crippen molar-refractivity contribution >= 4 is 135 Å². The molecular formula is C40H31N5Na2O10S2. The second kappa shape index (κ2) is 18.6. The van der Waals surface area contributed by atoms with Crippen molar-refractivity contribution < 1.29 is 45.6 Å². The zero-order valence-electron chi connectivity index (χ0n) is 31.9. The molecule has 0 aliphatic carbocycles. The third-order valence-corrected chi connectivity index (χ3v) is 10.6. The Hall–Kier alpha value is -4.92. The number of azo groups is 2. The fourth-order valence-electron chi connectivity index (χ4n) is 6.10. The van der Waals surface area contributed by atoms with Crippen LogP contribution in [0, 0.1) is 0 Å². The summed E-state index contributed by atoms with van der Waals surface area (Å²) in [7, 11) is -6.72. The van der Waals surface area contributed by atoms with Gasteiger partial charge in [-0.1, -0.05) is 54.6 Å². The van der Waals surface area contributed by atoms with Crippen molar-refractivity contribution in [2.75, 3.05) is 19.5 Å². The Kier molecular flexibility index (Phi) is 14.2. The normalized spacial score (nSPS) is 11.7. The molecule has 0 bridgehead atoms. The second-order valence-corrected chi connectivity index (χ2v) is 15.2.